The average molecular weight is 438 g/mol. The second kappa shape index (κ2) is 9.30. The molecule has 2 heterocycles. The minimum absolute atomic E-state index is 0.151. The number of methoxy groups -OCH3 is 1. The van der Waals surface area contributed by atoms with Crippen LogP contribution in [0.2, 0.25) is 0 Å². The smallest absolute Gasteiger partial charge is 0.322 e. The Hall–Kier alpha value is -2.91. The zero-order chi connectivity index (χ0) is 22.8. The third kappa shape index (κ3) is 4.79. The predicted octanol–water partition coefficient (Wildman–Crippen LogP) is 1.33. The van der Waals surface area contributed by atoms with Crippen LogP contribution in [0, 0.1) is 5.82 Å². The van der Waals surface area contributed by atoms with Crippen LogP contribution in [-0.2, 0) is 22.5 Å². The van der Waals surface area contributed by atoms with Gasteiger partial charge in [0.15, 0.2) is 0 Å². The Morgan fingerprint density at radius 1 is 1.16 bits per heavy atom. The standard InChI is InChI=1S/C23H28BFN4O3/c1-28-8-7-14-10-20(19(25)9-15(14)12-28)27-22(30)21-11-18(32-2)13-29(21)23(31)26-17-5-3-16(24)4-6-17/h3-6,9-10,18,21H,7-8,11-13,24H2,1-2H3,(H,26,31)(H,27,30)/t18-,21-/m1/s1. The number of halogens is 1. The first-order valence-electron chi connectivity index (χ1n) is 10.8. The van der Waals surface area contributed by atoms with Gasteiger partial charge in [0, 0.05) is 38.9 Å². The molecule has 9 heteroatoms. The molecule has 4 rings (SSSR count). The van der Waals surface area contributed by atoms with E-state index in [1.54, 1.807) is 13.2 Å². The second-order valence-corrected chi connectivity index (χ2v) is 8.64. The number of carbonyl (C=O) groups excluding carboxylic acids is 2. The van der Waals surface area contributed by atoms with Gasteiger partial charge in [0.1, 0.15) is 19.7 Å². The molecule has 168 valence electrons. The number of fused-ring (bicyclic) bond motifs is 1. The summed E-state index contributed by atoms with van der Waals surface area (Å²) in [5, 5.41) is 5.54. The summed E-state index contributed by atoms with van der Waals surface area (Å²) >= 11 is 0. The summed E-state index contributed by atoms with van der Waals surface area (Å²) < 4.78 is 20.1. The molecule has 1 saturated heterocycles. The van der Waals surface area contributed by atoms with Gasteiger partial charge < -0.3 is 25.2 Å². The highest BCUT2D eigenvalue weighted by molar-refractivity contribution is 6.32. The first-order chi connectivity index (χ1) is 15.3. The SMILES string of the molecule is Bc1ccc(NC(=O)N2C[C@H](OC)C[C@@H]2C(=O)Nc2cc3c(cc2F)CN(C)CC3)cc1. The van der Waals surface area contributed by atoms with Crippen molar-refractivity contribution in [3.63, 3.8) is 0 Å². The Bertz CT molecular complexity index is 1020. The molecule has 0 saturated carbocycles. The monoisotopic (exact) mass is 438 g/mol. The Labute approximate surface area is 188 Å². The van der Waals surface area contributed by atoms with Gasteiger partial charge in [-0.25, -0.2) is 9.18 Å². The molecular formula is C23H28BFN4O3. The third-order valence-electron chi connectivity index (χ3n) is 6.21. The number of amides is 3. The van der Waals surface area contributed by atoms with E-state index in [4.69, 9.17) is 4.74 Å². The molecule has 0 unspecified atom stereocenters. The molecule has 32 heavy (non-hydrogen) atoms. The minimum Gasteiger partial charge on any atom is -0.380 e. The van der Waals surface area contributed by atoms with Crippen molar-refractivity contribution in [2.75, 3.05) is 37.9 Å². The molecule has 0 aromatic heterocycles. The summed E-state index contributed by atoms with van der Waals surface area (Å²) in [6.07, 6.45) is 0.884. The molecule has 2 aliphatic rings. The van der Waals surface area contributed by atoms with Crippen molar-refractivity contribution in [1.29, 1.82) is 0 Å². The number of hydrogen-bond donors (Lipinski definition) is 2. The van der Waals surface area contributed by atoms with Crippen molar-refractivity contribution >= 4 is 36.6 Å². The van der Waals surface area contributed by atoms with Crippen molar-refractivity contribution in [2.45, 2.75) is 31.5 Å². The maximum Gasteiger partial charge on any atom is 0.322 e. The van der Waals surface area contributed by atoms with Crippen LogP contribution >= 0.6 is 0 Å². The topological polar surface area (TPSA) is 73.9 Å². The number of ether oxygens (including phenoxy) is 1. The van der Waals surface area contributed by atoms with Crippen LogP contribution in [0.15, 0.2) is 36.4 Å². The van der Waals surface area contributed by atoms with E-state index in [2.05, 4.69) is 15.5 Å². The summed E-state index contributed by atoms with van der Waals surface area (Å²) in [4.78, 5) is 29.6. The normalized spacial score (nSPS) is 20.7. The number of urea groups is 1. The summed E-state index contributed by atoms with van der Waals surface area (Å²) in [7, 11) is 5.52. The van der Waals surface area contributed by atoms with Crippen LogP contribution in [0.5, 0.6) is 0 Å². The molecule has 0 bridgehead atoms. The second-order valence-electron chi connectivity index (χ2n) is 8.64. The highest BCUT2D eigenvalue weighted by Crippen LogP contribution is 2.27. The summed E-state index contributed by atoms with van der Waals surface area (Å²) in [6.45, 7) is 1.86. The molecule has 0 radical (unpaired) electrons. The molecule has 0 spiro atoms. The van der Waals surface area contributed by atoms with E-state index in [9.17, 15) is 14.0 Å². The van der Waals surface area contributed by atoms with Gasteiger partial charge in [-0.1, -0.05) is 17.6 Å². The number of likely N-dealkylation sites (tertiary alicyclic amines) is 1. The number of nitrogens with one attached hydrogen (secondary N) is 2. The Balaban J connectivity index is 1.49. The molecule has 0 aliphatic carbocycles. The first-order valence-corrected chi connectivity index (χ1v) is 10.8. The van der Waals surface area contributed by atoms with Gasteiger partial charge in [-0.05, 0) is 48.9 Å². The van der Waals surface area contributed by atoms with Crippen molar-refractivity contribution in [2.24, 2.45) is 0 Å². The van der Waals surface area contributed by atoms with E-state index >= 15 is 0 Å². The molecule has 1 fully saturated rings. The molecular weight excluding hydrogens is 410 g/mol. The first kappa shape index (κ1) is 22.3. The van der Waals surface area contributed by atoms with Gasteiger partial charge in [-0.15, -0.1) is 0 Å². The highest BCUT2D eigenvalue weighted by Gasteiger charge is 2.40. The lowest BCUT2D eigenvalue weighted by Gasteiger charge is -2.26. The molecule has 2 aromatic rings. The van der Waals surface area contributed by atoms with Crippen molar-refractivity contribution < 1.29 is 18.7 Å². The van der Waals surface area contributed by atoms with E-state index in [1.807, 2.05) is 39.2 Å². The number of likely N-dealkylation sites (N-methyl/N-ethyl adjacent to an activating group) is 1. The molecule has 2 N–H and O–H groups in total. The van der Waals surface area contributed by atoms with Crippen LogP contribution in [0.4, 0.5) is 20.6 Å². The zero-order valence-electron chi connectivity index (χ0n) is 18.7. The summed E-state index contributed by atoms with van der Waals surface area (Å²) in [5.41, 5.74) is 3.85. The fraction of sp³-hybridized carbons (Fsp3) is 0.391. The van der Waals surface area contributed by atoms with E-state index in [0.29, 0.717) is 18.7 Å². The number of anilines is 2. The summed E-state index contributed by atoms with van der Waals surface area (Å²) in [6, 6.07) is 9.49. The maximum atomic E-state index is 14.7. The van der Waals surface area contributed by atoms with Gasteiger partial charge in [-0.2, -0.15) is 0 Å². The largest absolute Gasteiger partial charge is 0.380 e. The van der Waals surface area contributed by atoms with Gasteiger partial charge in [-0.3, -0.25) is 4.79 Å². The Morgan fingerprint density at radius 2 is 1.91 bits per heavy atom. The van der Waals surface area contributed by atoms with Gasteiger partial charge in [0.05, 0.1) is 11.8 Å². The van der Waals surface area contributed by atoms with Crippen LogP contribution in [-0.4, -0.2) is 69.0 Å². The number of benzene rings is 2. The zero-order valence-corrected chi connectivity index (χ0v) is 18.7. The molecule has 2 aliphatic heterocycles. The van der Waals surface area contributed by atoms with E-state index in [1.165, 1.54) is 11.0 Å². The Kier molecular flexibility index (Phi) is 6.48. The number of hydrogen-bond acceptors (Lipinski definition) is 4. The number of carbonyl (C=O) groups is 2. The van der Waals surface area contributed by atoms with Crippen LogP contribution in [0.1, 0.15) is 17.5 Å². The van der Waals surface area contributed by atoms with Crippen LogP contribution in [0.3, 0.4) is 0 Å². The quantitative estimate of drug-likeness (QED) is 0.707. The lowest BCUT2D eigenvalue weighted by atomic mass is 9.96. The molecule has 2 atom stereocenters. The Morgan fingerprint density at radius 3 is 2.62 bits per heavy atom. The highest BCUT2D eigenvalue weighted by atomic mass is 19.1. The van der Waals surface area contributed by atoms with E-state index < -0.39 is 17.8 Å². The fourth-order valence-electron chi connectivity index (χ4n) is 4.31. The fourth-order valence-corrected chi connectivity index (χ4v) is 4.31. The summed E-state index contributed by atoms with van der Waals surface area (Å²) in [5.74, 6) is -0.889. The molecule has 2 aromatic carbocycles. The number of nitrogens with zero attached hydrogens (tertiary/aromatic N) is 2. The molecule has 3 amide bonds. The average Bonchev–Trinajstić information content (AvgIpc) is 3.21. The lowest BCUT2D eigenvalue weighted by molar-refractivity contribution is -0.119. The predicted molar refractivity (Wildman–Crippen MR) is 125 cm³/mol. The van der Waals surface area contributed by atoms with Crippen LogP contribution < -0.4 is 16.1 Å². The van der Waals surface area contributed by atoms with E-state index in [0.717, 1.165) is 29.6 Å². The van der Waals surface area contributed by atoms with Crippen LogP contribution in [0.25, 0.3) is 0 Å². The van der Waals surface area contributed by atoms with Crippen molar-refractivity contribution in [3.05, 3.63) is 53.3 Å². The van der Waals surface area contributed by atoms with Gasteiger partial charge in [0.25, 0.3) is 0 Å². The number of rotatable bonds is 4. The maximum absolute atomic E-state index is 14.7. The lowest BCUT2D eigenvalue weighted by Crippen LogP contribution is -2.45. The van der Waals surface area contributed by atoms with Gasteiger partial charge >= 0.3 is 6.03 Å². The third-order valence-corrected chi connectivity index (χ3v) is 6.21. The van der Waals surface area contributed by atoms with Gasteiger partial charge in [0.2, 0.25) is 5.91 Å². The minimum atomic E-state index is -0.757. The van der Waals surface area contributed by atoms with E-state index in [-0.39, 0.29) is 24.4 Å². The molecule has 7 nitrogen and oxygen atoms in total. The van der Waals surface area contributed by atoms with Crippen molar-refractivity contribution in [1.82, 2.24) is 9.80 Å². The van der Waals surface area contributed by atoms with Crippen molar-refractivity contribution in [3.8, 4) is 0 Å².